The summed E-state index contributed by atoms with van der Waals surface area (Å²) in [5, 5.41) is 0. The molecular formula is C15H22O4. The van der Waals surface area contributed by atoms with E-state index in [4.69, 9.17) is 9.47 Å². The molecule has 1 saturated carbocycles. The van der Waals surface area contributed by atoms with E-state index < -0.39 is 17.4 Å². The maximum Gasteiger partial charge on any atom is 0.323 e. The number of ether oxygens (including phenoxy) is 2. The Hall–Kier alpha value is -1.58. The van der Waals surface area contributed by atoms with Gasteiger partial charge in [0.05, 0.1) is 14.2 Å². The number of methoxy groups -OCH3 is 2. The van der Waals surface area contributed by atoms with Gasteiger partial charge >= 0.3 is 11.9 Å². The van der Waals surface area contributed by atoms with Gasteiger partial charge in [0.2, 0.25) is 0 Å². The number of carbonyl (C=O) groups is 2. The van der Waals surface area contributed by atoms with Gasteiger partial charge in [-0.05, 0) is 38.5 Å². The lowest BCUT2D eigenvalue weighted by Gasteiger charge is -2.27. The Morgan fingerprint density at radius 2 is 1.79 bits per heavy atom. The van der Waals surface area contributed by atoms with Gasteiger partial charge in [-0.1, -0.05) is 17.7 Å². The molecule has 1 aliphatic carbocycles. The molecule has 0 atom stereocenters. The lowest BCUT2D eigenvalue weighted by molar-refractivity contribution is -0.168. The second-order valence-corrected chi connectivity index (χ2v) is 5.09. The molecule has 0 amide bonds. The second kappa shape index (κ2) is 6.55. The number of allylic oxidation sites excluding steroid dienone is 3. The Bertz CT molecular complexity index is 375. The van der Waals surface area contributed by atoms with Crippen LogP contribution in [-0.2, 0) is 19.1 Å². The van der Waals surface area contributed by atoms with Crippen LogP contribution in [0, 0.1) is 11.3 Å². The first kappa shape index (κ1) is 15.5. The van der Waals surface area contributed by atoms with E-state index >= 15 is 0 Å². The fourth-order valence-electron chi connectivity index (χ4n) is 2.30. The predicted octanol–water partition coefficient (Wildman–Crippen LogP) is 2.64. The maximum atomic E-state index is 12.1. The van der Waals surface area contributed by atoms with Crippen molar-refractivity contribution in [3.63, 3.8) is 0 Å². The van der Waals surface area contributed by atoms with Crippen molar-refractivity contribution in [3.05, 3.63) is 24.3 Å². The van der Waals surface area contributed by atoms with Crippen LogP contribution in [-0.4, -0.2) is 26.2 Å². The molecule has 0 unspecified atom stereocenters. The zero-order chi connectivity index (χ0) is 14.5. The topological polar surface area (TPSA) is 52.6 Å². The normalized spacial score (nSPS) is 15.8. The largest absolute Gasteiger partial charge is 0.468 e. The number of hydrogen-bond acceptors (Lipinski definition) is 4. The monoisotopic (exact) mass is 266 g/mol. The smallest absolute Gasteiger partial charge is 0.323 e. The molecule has 0 aromatic carbocycles. The summed E-state index contributed by atoms with van der Waals surface area (Å²) < 4.78 is 9.60. The van der Waals surface area contributed by atoms with Gasteiger partial charge in [-0.3, -0.25) is 9.59 Å². The minimum Gasteiger partial charge on any atom is -0.468 e. The van der Waals surface area contributed by atoms with Gasteiger partial charge in [0.25, 0.3) is 0 Å². The van der Waals surface area contributed by atoms with Gasteiger partial charge in [0.1, 0.15) is 0 Å². The van der Waals surface area contributed by atoms with Crippen LogP contribution in [0.3, 0.4) is 0 Å². The summed E-state index contributed by atoms with van der Waals surface area (Å²) in [7, 11) is 2.56. The molecule has 0 bridgehead atoms. The van der Waals surface area contributed by atoms with Crippen molar-refractivity contribution in [2.24, 2.45) is 11.3 Å². The lowest BCUT2D eigenvalue weighted by Crippen LogP contribution is -2.41. The van der Waals surface area contributed by atoms with Crippen LogP contribution in [0.25, 0.3) is 0 Å². The molecule has 0 aromatic rings. The van der Waals surface area contributed by atoms with E-state index in [1.54, 1.807) is 6.08 Å². The highest BCUT2D eigenvalue weighted by atomic mass is 16.5. The second-order valence-electron chi connectivity index (χ2n) is 5.09. The van der Waals surface area contributed by atoms with Crippen molar-refractivity contribution >= 4 is 11.9 Å². The van der Waals surface area contributed by atoms with E-state index in [9.17, 15) is 9.59 Å². The molecule has 0 spiro atoms. The molecule has 4 nitrogen and oxygen atoms in total. The quantitative estimate of drug-likeness (QED) is 0.404. The summed E-state index contributed by atoms with van der Waals surface area (Å²) in [5.41, 5.74) is -0.291. The van der Waals surface area contributed by atoms with Crippen LogP contribution in [0.4, 0.5) is 0 Å². The summed E-state index contributed by atoms with van der Waals surface area (Å²) in [6, 6.07) is 0. The number of hydrogen-bond donors (Lipinski definition) is 0. The first-order chi connectivity index (χ1) is 9.00. The van der Waals surface area contributed by atoms with Crippen LogP contribution >= 0.6 is 0 Å². The summed E-state index contributed by atoms with van der Waals surface area (Å²) in [6.07, 6.45) is 6.57. The average Bonchev–Trinajstić information content (AvgIpc) is 3.19. The van der Waals surface area contributed by atoms with Crippen LogP contribution in [0.5, 0.6) is 0 Å². The van der Waals surface area contributed by atoms with Crippen LogP contribution in [0.1, 0.15) is 32.6 Å². The molecule has 0 aromatic heterocycles. The molecule has 1 aliphatic rings. The third-order valence-electron chi connectivity index (χ3n) is 3.37. The first-order valence-electron chi connectivity index (χ1n) is 6.45. The minimum atomic E-state index is -1.30. The number of rotatable bonds is 7. The van der Waals surface area contributed by atoms with Gasteiger partial charge < -0.3 is 9.47 Å². The highest BCUT2D eigenvalue weighted by molar-refractivity contribution is 6.00. The Balaban J connectivity index is 3.02. The predicted molar refractivity (Wildman–Crippen MR) is 72.4 cm³/mol. The number of carbonyl (C=O) groups excluding carboxylic acids is 2. The third-order valence-corrected chi connectivity index (χ3v) is 3.37. The van der Waals surface area contributed by atoms with Crippen molar-refractivity contribution < 1.29 is 19.1 Å². The SMILES string of the molecule is C=CCC(C/C(C)=C/C1CC1)(C(=O)OC)C(=O)OC. The molecule has 4 heteroatoms. The van der Waals surface area contributed by atoms with Gasteiger partial charge in [-0.2, -0.15) is 0 Å². The fraction of sp³-hybridized carbons (Fsp3) is 0.600. The first-order valence-corrected chi connectivity index (χ1v) is 6.45. The highest BCUT2D eigenvalue weighted by Crippen LogP contribution is 2.37. The summed E-state index contributed by atoms with van der Waals surface area (Å²) in [4.78, 5) is 24.1. The van der Waals surface area contributed by atoms with E-state index in [-0.39, 0.29) is 6.42 Å². The molecule has 0 N–H and O–H groups in total. The highest BCUT2D eigenvalue weighted by Gasteiger charge is 2.47. The molecule has 1 rings (SSSR count). The van der Waals surface area contributed by atoms with Crippen LogP contribution in [0.2, 0.25) is 0 Å². The average molecular weight is 266 g/mol. The van der Waals surface area contributed by atoms with Gasteiger partial charge in [-0.15, -0.1) is 6.58 Å². The van der Waals surface area contributed by atoms with Gasteiger partial charge in [-0.25, -0.2) is 0 Å². The van der Waals surface area contributed by atoms with Crippen LogP contribution in [0.15, 0.2) is 24.3 Å². The summed E-state index contributed by atoms with van der Waals surface area (Å²) >= 11 is 0. The zero-order valence-corrected chi connectivity index (χ0v) is 11.9. The Kier molecular flexibility index (Phi) is 5.33. The molecule has 0 heterocycles. The molecule has 19 heavy (non-hydrogen) atoms. The van der Waals surface area contributed by atoms with Gasteiger partial charge in [0, 0.05) is 0 Å². The van der Waals surface area contributed by atoms with Crippen molar-refractivity contribution in [2.45, 2.75) is 32.6 Å². The Morgan fingerprint density at radius 3 is 2.16 bits per heavy atom. The summed E-state index contributed by atoms with van der Waals surface area (Å²) in [6.45, 7) is 5.56. The maximum absolute atomic E-state index is 12.1. The Labute approximate surface area is 114 Å². The van der Waals surface area contributed by atoms with Crippen molar-refractivity contribution in [1.29, 1.82) is 0 Å². The van der Waals surface area contributed by atoms with Gasteiger partial charge in [0.15, 0.2) is 5.41 Å². The minimum absolute atomic E-state index is 0.211. The molecule has 106 valence electrons. The fourth-order valence-corrected chi connectivity index (χ4v) is 2.30. The van der Waals surface area contributed by atoms with Crippen molar-refractivity contribution in [3.8, 4) is 0 Å². The van der Waals surface area contributed by atoms with E-state index in [0.29, 0.717) is 12.3 Å². The van der Waals surface area contributed by atoms with E-state index in [1.165, 1.54) is 27.1 Å². The molecule has 0 radical (unpaired) electrons. The molecule has 0 aliphatic heterocycles. The third kappa shape index (κ3) is 3.69. The number of esters is 2. The lowest BCUT2D eigenvalue weighted by atomic mass is 9.78. The molecule has 1 fully saturated rings. The van der Waals surface area contributed by atoms with E-state index in [2.05, 4.69) is 12.7 Å². The molecular weight excluding hydrogens is 244 g/mol. The Morgan fingerprint density at radius 1 is 1.26 bits per heavy atom. The van der Waals surface area contributed by atoms with E-state index in [1.807, 2.05) is 6.92 Å². The summed E-state index contributed by atoms with van der Waals surface area (Å²) in [5.74, 6) is -0.540. The van der Waals surface area contributed by atoms with Crippen molar-refractivity contribution in [2.75, 3.05) is 14.2 Å². The standard InChI is InChI=1S/C15H22O4/c1-5-8-15(13(16)18-3,14(17)19-4)10-11(2)9-12-6-7-12/h5,9,12H,1,6-8,10H2,2-4H3/b11-9+. The molecule has 0 saturated heterocycles. The van der Waals surface area contributed by atoms with E-state index in [0.717, 1.165) is 5.57 Å². The zero-order valence-electron chi connectivity index (χ0n) is 11.9. The van der Waals surface area contributed by atoms with Crippen LogP contribution < -0.4 is 0 Å². The van der Waals surface area contributed by atoms with Crippen molar-refractivity contribution in [1.82, 2.24) is 0 Å².